The van der Waals surface area contributed by atoms with Crippen molar-refractivity contribution in [2.45, 2.75) is 46.1 Å². The summed E-state index contributed by atoms with van der Waals surface area (Å²) in [7, 11) is 0. The van der Waals surface area contributed by atoms with Gasteiger partial charge in [-0.3, -0.25) is 14.4 Å². The number of carbonyl (C=O) groups excluding carboxylic acids is 1. The lowest BCUT2D eigenvalue weighted by Gasteiger charge is -2.36. The number of fused-ring (bicyclic) bond motifs is 3. The van der Waals surface area contributed by atoms with Crippen molar-refractivity contribution in [1.29, 1.82) is 0 Å². The molecule has 39 heavy (non-hydrogen) atoms. The number of halogens is 1. The standard InChI is InChI=1S/C29H36ClN7OS/c1-18-19(2)39-29-26(18)27(22-4-6-23(30)7-5-22)32-24(28-34-33-20(3)37(28)29)16-25(38)36-12-8-21(9-13-36)17-35-14-10-31-11-15-35/h4-7,21,24,31H,8-17H2,1-3H3/t24-/m0/s1. The quantitative estimate of drug-likeness (QED) is 0.498. The first-order valence-electron chi connectivity index (χ1n) is 14.0. The van der Waals surface area contributed by atoms with Gasteiger partial charge in [0.05, 0.1) is 12.1 Å². The Hall–Kier alpha value is -2.59. The monoisotopic (exact) mass is 565 g/mol. The van der Waals surface area contributed by atoms with Gasteiger partial charge in [-0.05, 0) is 57.2 Å². The molecule has 0 bridgehead atoms. The lowest BCUT2D eigenvalue weighted by atomic mass is 9.95. The van der Waals surface area contributed by atoms with E-state index in [0.29, 0.717) is 10.9 Å². The fourth-order valence-electron chi connectivity index (χ4n) is 6.05. The molecule has 3 aliphatic rings. The van der Waals surface area contributed by atoms with Crippen molar-refractivity contribution in [3.63, 3.8) is 0 Å². The Labute approximate surface area is 239 Å². The minimum Gasteiger partial charge on any atom is -0.343 e. The molecule has 6 rings (SSSR count). The molecule has 2 fully saturated rings. The second-order valence-electron chi connectivity index (χ2n) is 11.0. The number of nitrogens with zero attached hydrogens (tertiary/aromatic N) is 6. The molecule has 0 spiro atoms. The Kier molecular flexibility index (Phi) is 7.59. The van der Waals surface area contributed by atoms with Crippen LogP contribution in [0.1, 0.15) is 58.5 Å². The predicted octanol–water partition coefficient (Wildman–Crippen LogP) is 4.33. The van der Waals surface area contributed by atoms with E-state index >= 15 is 0 Å². The largest absolute Gasteiger partial charge is 0.343 e. The smallest absolute Gasteiger partial charge is 0.225 e. The highest BCUT2D eigenvalue weighted by Gasteiger charge is 2.34. The normalized spacial score (nSPS) is 20.4. The molecule has 3 aliphatic heterocycles. The third-order valence-electron chi connectivity index (χ3n) is 8.42. The number of aliphatic imine (C=N–C) groups is 1. The zero-order valence-electron chi connectivity index (χ0n) is 22.9. The first-order chi connectivity index (χ1) is 18.9. The van der Waals surface area contributed by atoms with Gasteiger partial charge in [-0.15, -0.1) is 21.5 Å². The summed E-state index contributed by atoms with van der Waals surface area (Å²) >= 11 is 7.96. The molecule has 8 nitrogen and oxygen atoms in total. The van der Waals surface area contributed by atoms with Crippen molar-refractivity contribution in [3.05, 3.63) is 62.5 Å². The summed E-state index contributed by atoms with van der Waals surface area (Å²) in [6, 6.07) is 7.41. The molecule has 0 radical (unpaired) electrons. The van der Waals surface area contributed by atoms with Crippen molar-refractivity contribution >= 4 is 34.6 Å². The maximum absolute atomic E-state index is 13.7. The second kappa shape index (κ2) is 11.1. The van der Waals surface area contributed by atoms with E-state index in [1.165, 1.54) is 10.4 Å². The molecule has 1 aromatic carbocycles. The second-order valence-corrected chi connectivity index (χ2v) is 12.6. The number of thiophene rings is 1. The van der Waals surface area contributed by atoms with Crippen LogP contribution in [0.5, 0.6) is 0 Å². The fraction of sp³-hybridized carbons (Fsp3) is 0.517. The molecule has 10 heteroatoms. The summed E-state index contributed by atoms with van der Waals surface area (Å²) in [6.07, 6.45) is 2.40. The maximum atomic E-state index is 13.7. The van der Waals surface area contributed by atoms with E-state index in [2.05, 4.69) is 38.8 Å². The fourth-order valence-corrected chi connectivity index (χ4v) is 7.39. The van der Waals surface area contributed by atoms with E-state index < -0.39 is 6.04 Å². The van der Waals surface area contributed by atoms with Gasteiger partial charge in [0, 0.05) is 66.8 Å². The van der Waals surface area contributed by atoms with Crippen molar-refractivity contribution < 1.29 is 4.79 Å². The van der Waals surface area contributed by atoms with Crippen LogP contribution in [0.3, 0.4) is 0 Å². The van der Waals surface area contributed by atoms with Crippen LogP contribution in [0.2, 0.25) is 5.02 Å². The molecule has 2 saturated heterocycles. The predicted molar refractivity (Wildman–Crippen MR) is 157 cm³/mol. The van der Waals surface area contributed by atoms with E-state index in [-0.39, 0.29) is 12.3 Å². The van der Waals surface area contributed by atoms with Crippen LogP contribution in [0.15, 0.2) is 29.3 Å². The Morgan fingerprint density at radius 1 is 1.05 bits per heavy atom. The van der Waals surface area contributed by atoms with Crippen LogP contribution in [-0.2, 0) is 4.79 Å². The summed E-state index contributed by atoms with van der Waals surface area (Å²) in [5.41, 5.74) is 4.17. The summed E-state index contributed by atoms with van der Waals surface area (Å²) in [4.78, 5) is 24.8. The van der Waals surface area contributed by atoms with E-state index in [4.69, 9.17) is 16.6 Å². The molecular formula is C29H36ClN7OS. The number of hydrogen-bond acceptors (Lipinski definition) is 7. The first kappa shape index (κ1) is 26.6. The van der Waals surface area contributed by atoms with E-state index in [0.717, 1.165) is 92.1 Å². The summed E-state index contributed by atoms with van der Waals surface area (Å²) in [5.74, 6) is 2.35. The van der Waals surface area contributed by atoms with Gasteiger partial charge >= 0.3 is 0 Å². The van der Waals surface area contributed by atoms with Gasteiger partial charge in [-0.2, -0.15) is 0 Å². The minimum atomic E-state index is -0.415. The van der Waals surface area contributed by atoms with E-state index in [1.807, 2.05) is 36.1 Å². The molecule has 1 N–H and O–H groups in total. The number of rotatable bonds is 5. The highest BCUT2D eigenvalue weighted by Crippen LogP contribution is 2.40. The molecule has 2 aromatic heterocycles. The third kappa shape index (κ3) is 5.29. The lowest BCUT2D eigenvalue weighted by molar-refractivity contribution is -0.133. The third-order valence-corrected chi connectivity index (χ3v) is 9.86. The molecule has 0 aliphatic carbocycles. The molecule has 0 unspecified atom stereocenters. The van der Waals surface area contributed by atoms with Crippen molar-refractivity contribution in [1.82, 2.24) is 29.9 Å². The summed E-state index contributed by atoms with van der Waals surface area (Å²) in [6.45, 7) is 13.4. The molecule has 3 aromatic rings. The Morgan fingerprint density at radius 2 is 1.77 bits per heavy atom. The zero-order valence-corrected chi connectivity index (χ0v) is 24.5. The van der Waals surface area contributed by atoms with Gasteiger partial charge in [0.2, 0.25) is 5.91 Å². The molecular weight excluding hydrogens is 530 g/mol. The number of benzene rings is 1. The minimum absolute atomic E-state index is 0.144. The van der Waals surface area contributed by atoms with Crippen molar-refractivity contribution in [2.24, 2.45) is 10.9 Å². The average molecular weight is 566 g/mol. The Morgan fingerprint density at radius 3 is 2.49 bits per heavy atom. The zero-order chi connectivity index (χ0) is 27.1. The molecule has 206 valence electrons. The maximum Gasteiger partial charge on any atom is 0.225 e. The highest BCUT2D eigenvalue weighted by molar-refractivity contribution is 7.15. The number of aromatic nitrogens is 3. The lowest BCUT2D eigenvalue weighted by Crippen LogP contribution is -2.47. The molecule has 1 amide bonds. The number of hydrogen-bond donors (Lipinski definition) is 1. The number of piperidine rings is 1. The van der Waals surface area contributed by atoms with Crippen LogP contribution in [0, 0.1) is 26.7 Å². The average Bonchev–Trinajstić information content (AvgIpc) is 3.42. The van der Waals surface area contributed by atoms with Gasteiger partial charge in [-0.1, -0.05) is 23.7 Å². The number of likely N-dealkylation sites (tertiary alicyclic amines) is 1. The van der Waals surface area contributed by atoms with Gasteiger partial charge < -0.3 is 15.1 Å². The Balaban J connectivity index is 1.26. The summed E-state index contributed by atoms with van der Waals surface area (Å²) < 4.78 is 2.12. The van der Waals surface area contributed by atoms with E-state index in [9.17, 15) is 4.79 Å². The van der Waals surface area contributed by atoms with Crippen LogP contribution in [0.4, 0.5) is 0 Å². The van der Waals surface area contributed by atoms with Crippen LogP contribution in [0.25, 0.3) is 5.00 Å². The van der Waals surface area contributed by atoms with Gasteiger partial charge in [0.1, 0.15) is 16.9 Å². The number of carbonyl (C=O) groups is 1. The van der Waals surface area contributed by atoms with E-state index in [1.54, 1.807) is 11.3 Å². The van der Waals surface area contributed by atoms with Crippen molar-refractivity contribution in [2.75, 3.05) is 45.8 Å². The number of aryl methyl sites for hydroxylation is 2. The van der Waals surface area contributed by atoms with Gasteiger partial charge in [-0.25, -0.2) is 0 Å². The number of piperazine rings is 1. The van der Waals surface area contributed by atoms with Gasteiger partial charge in [0.25, 0.3) is 0 Å². The SMILES string of the molecule is Cc1sc2c(c1C)C(c1ccc(Cl)cc1)=N[C@@H](CC(=O)N1CCC(CN3CCNCC3)CC1)c1nnc(C)n1-2. The van der Waals surface area contributed by atoms with Crippen molar-refractivity contribution in [3.8, 4) is 5.00 Å². The number of amides is 1. The topological polar surface area (TPSA) is 78.7 Å². The summed E-state index contributed by atoms with van der Waals surface area (Å²) in [5, 5.41) is 14.2. The van der Waals surface area contributed by atoms with Gasteiger partial charge in [0.15, 0.2) is 5.82 Å². The molecule has 0 saturated carbocycles. The highest BCUT2D eigenvalue weighted by atomic mass is 35.5. The Bertz CT molecular complexity index is 1380. The van der Waals surface area contributed by atoms with Crippen LogP contribution < -0.4 is 5.32 Å². The van der Waals surface area contributed by atoms with Crippen LogP contribution >= 0.6 is 22.9 Å². The molecule has 1 atom stereocenters. The number of nitrogens with one attached hydrogen (secondary N) is 1. The first-order valence-corrected chi connectivity index (χ1v) is 15.2. The molecule has 5 heterocycles. The van der Waals surface area contributed by atoms with Crippen LogP contribution in [-0.4, -0.2) is 82.0 Å².